The highest BCUT2D eigenvalue weighted by Crippen LogP contribution is 2.38. The molecule has 34 heteroatoms. The van der Waals surface area contributed by atoms with E-state index in [1.165, 1.54) is 58.3 Å². The Labute approximate surface area is 718 Å². The predicted octanol–water partition coefficient (Wildman–Crippen LogP) is 18.5. The number of amidine groups is 1. The minimum Gasteiger partial charge on any atom is -0.506 e. The van der Waals surface area contributed by atoms with Gasteiger partial charge in [-0.05, 0) is 147 Å². The molecule has 3 aromatic heterocycles. The third-order valence-corrected chi connectivity index (χ3v) is 21.5. The van der Waals surface area contributed by atoms with Gasteiger partial charge in [0.05, 0.1) is 86.3 Å². The lowest BCUT2D eigenvalue weighted by atomic mass is 9.98. The van der Waals surface area contributed by atoms with Crippen LogP contribution in [0, 0.1) is 11.8 Å². The summed E-state index contributed by atoms with van der Waals surface area (Å²) in [6.45, 7) is 27.5. The summed E-state index contributed by atoms with van der Waals surface area (Å²) < 4.78 is 46.8. The van der Waals surface area contributed by atoms with Crippen molar-refractivity contribution in [3.05, 3.63) is 156 Å². The number of aliphatic imine (C=N–C) groups is 1. The molecule has 25 nitrogen and oxygen atoms in total. The number of phenolic OH excluding ortho intramolecular Hbond substituents is 1. The number of nitrogens with one attached hydrogen (secondary N) is 2. The van der Waals surface area contributed by atoms with Crippen LogP contribution in [-0.4, -0.2) is 164 Å². The first-order valence-electron chi connectivity index (χ1n) is 35.9. The molecule has 9 rings (SSSR count). The summed E-state index contributed by atoms with van der Waals surface area (Å²) in [6, 6.07) is 17.9. The Morgan fingerprint density at radius 2 is 1.03 bits per heavy atom. The van der Waals surface area contributed by atoms with Gasteiger partial charge in [0.2, 0.25) is 6.23 Å². The zero-order chi connectivity index (χ0) is 86.7. The zero-order valence-corrected chi connectivity index (χ0v) is 75.7. The Morgan fingerprint density at radius 3 is 1.48 bits per heavy atom. The number of ketones is 5. The molecule has 0 spiro atoms. The van der Waals surface area contributed by atoms with Crippen molar-refractivity contribution >= 4 is 177 Å². The summed E-state index contributed by atoms with van der Waals surface area (Å²) in [5, 5.41) is 21.5. The standard InChI is InChI=1S/C21H26ClNO4S.C20H23ClN2O3S.C12H16ClNO3.C9H10ClNO2.C8H8ClNO2.C7H12N2O2S.C4H9BrO/c1-12(2)8-20-23-17(11-28-20)18(25)9-16-15(14(4)24)6-7-19(21(16)22)27-10-13(3)26-5;1-11(2)7-18-22-15(10-27-18)14-8-16(24)13-5-6-17(19(21)20(13)23-14)26-9-12(3)25-4;1-7(16-3)6-17-10-5-4-9(8(2)15)12(14)11(10)13;1-5(12)6-3-4-7(13-2)8(10)9(6)11;1-4(11)5-2-3-6(12)7(9)8(5)10;1-5(2)8-7-9-6(3-12-7)11-4-10;1-4(3-5)6-2/h6-7,11-13H,8-10H2,1-5H3;5-6,8,10-12H,7,9H2,1-4H3,(H,23,24);4-5,7H,6,14H2,1-3H3;3-4H,11H2,1-2H3;2-3,12H,10H2,1H3;4-6H,3H2,1-2H3,(H,8,9);4H,3H2,1-2H3. The number of nitrogens with two attached hydrogens (primary N) is 3. The van der Waals surface area contributed by atoms with E-state index in [1.807, 2.05) is 46.9 Å². The number of aromatic hydroxyl groups is 1. The van der Waals surface area contributed by atoms with Gasteiger partial charge >= 0.3 is 0 Å². The molecule has 5 aromatic carbocycles. The third kappa shape index (κ3) is 33.4. The van der Waals surface area contributed by atoms with Crippen LogP contribution in [0.3, 0.4) is 0 Å². The number of benzene rings is 5. The van der Waals surface area contributed by atoms with Crippen LogP contribution in [0.4, 0.5) is 17.1 Å². The molecule has 4 heterocycles. The number of halogens is 6. The fourth-order valence-electron chi connectivity index (χ4n) is 9.36. The first-order chi connectivity index (χ1) is 54.2. The molecule has 5 atom stereocenters. The number of anilines is 3. The number of thioether (sulfide) groups is 1. The molecule has 0 fully saturated rings. The summed E-state index contributed by atoms with van der Waals surface area (Å²) in [6.07, 6.45) is 1.59. The van der Waals surface area contributed by atoms with Crippen LogP contribution >= 0.6 is 108 Å². The summed E-state index contributed by atoms with van der Waals surface area (Å²) in [5.41, 5.74) is 21.8. The average molecular weight is 1820 g/mol. The Balaban J connectivity index is 0.000000363. The largest absolute Gasteiger partial charge is 0.506 e. The molecule has 1 aliphatic heterocycles. The van der Waals surface area contributed by atoms with Crippen molar-refractivity contribution in [1.29, 1.82) is 0 Å². The quantitative estimate of drug-likeness (QED) is 0.0105. The molecule has 0 bridgehead atoms. The van der Waals surface area contributed by atoms with Crippen LogP contribution in [0.25, 0.3) is 22.3 Å². The molecule has 0 amide bonds. The average Bonchev–Trinajstić information content (AvgIpc) is 1.68. The molecule has 0 radical (unpaired) electrons. The number of hydrogen-bond acceptors (Lipinski definition) is 27. The number of methoxy groups -OCH3 is 5. The van der Waals surface area contributed by atoms with E-state index in [0.717, 1.165) is 39.0 Å². The number of aromatic nitrogens is 3. The number of aromatic amines is 1. The molecule has 0 aliphatic carbocycles. The molecule has 115 heavy (non-hydrogen) atoms. The highest BCUT2D eigenvalue weighted by molar-refractivity contribution is 9.09. The number of Topliss-reactive ketones (excluding diaryl/α,β-unsaturated/α-hetero) is 5. The van der Waals surface area contributed by atoms with E-state index in [-0.39, 0.29) is 108 Å². The predicted molar refractivity (Wildman–Crippen MR) is 470 cm³/mol. The van der Waals surface area contributed by atoms with E-state index in [2.05, 4.69) is 73.6 Å². The molecule has 5 unspecified atom stereocenters. The van der Waals surface area contributed by atoms with Crippen LogP contribution in [0.15, 0.2) is 87.3 Å². The Bertz CT molecular complexity index is 4620. The number of phenols is 1. The van der Waals surface area contributed by atoms with Gasteiger partial charge in [0.1, 0.15) is 74.4 Å². The maximum atomic E-state index is 12.8. The van der Waals surface area contributed by atoms with Crippen LogP contribution in [0.5, 0.6) is 28.7 Å². The fraction of sp³-hybridized carbons (Fsp3) is 0.432. The van der Waals surface area contributed by atoms with E-state index >= 15 is 0 Å². The molecule has 8 aromatic rings. The molecule has 0 saturated carbocycles. The number of nitrogen functional groups attached to an aromatic ring is 3. The highest BCUT2D eigenvalue weighted by atomic mass is 79.9. The summed E-state index contributed by atoms with van der Waals surface area (Å²) in [4.78, 5) is 97.0. The summed E-state index contributed by atoms with van der Waals surface area (Å²) in [7, 11) is 8.02. The van der Waals surface area contributed by atoms with Crippen molar-refractivity contribution in [2.75, 3.05) is 83.7 Å². The molecular formula is C81H104BrCl5N8O17S3. The Morgan fingerprint density at radius 1 is 0.591 bits per heavy atom. The van der Waals surface area contributed by atoms with Crippen LogP contribution in [0.2, 0.25) is 25.1 Å². The van der Waals surface area contributed by atoms with Gasteiger partial charge in [0.25, 0.3) is 6.47 Å². The van der Waals surface area contributed by atoms with Crippen LogP contribution < -0.4 is 46.9 Å². The number of nitrogens with zero attached hydrogens (tertiary/aromatic N) is 3. The summed E-state index contributed by atoms with van der Waals surface area (Å²) in [5.74, 6) is 2.75. The lowest BCUT2D eigenvalue weighted by molar-refractivity contribution is -0.132. The number of carbonyl (C=O) groups excluding carboxylic acids is 6. The van der Waals surface area contributed by atoms with Gasteiger partial charge in [-0.25, -0.2) is 15.0 Å². The van der Waals surface area contributed by atoms with E-state index < -0.39 is 0 Å². The van der Waals surface area contributed by atoms with Crippen molar-refractivity contribution in [3.8, 4) is 40.1 Å². The smallest absolute Gasteiger partial charge is 0.295 e. The second-order valence-corrected chi connectivity index (χ2v) is 32.2. The molecule has 0 saturated heterocycles. The molecule has 630 valence electrons. The van der Waals surface area contributed by atoms with Gasteiger partial charge < -0.3 is 75.2 Å². The van der Waals surface area contributed by atoms with Crippen LogP contribution in [-0.2, 0) is 47.7 Å². The van der Waals surface area contributed by atoms with Crippen molar-refractivity contribution in [3.63, 3.8) is 0 Å². The number of thiazole rings is 2. The number of rotatable bonds is 30. The SMILES string of the molecule is CC(=O)c1ccc(O)c(Cl)c1N.CC(C)NC1=NC(OC=O)CS1.COC(C)CBr.COC(C)COc1ccc(C(C)=O)c(CC(=O)c2csc(CC(C)C)n2)c1Cl.COC(C)COc1ccc(C(C)=O)c(N)c1Cl.COC(C)COc1ccc2c(=O)cc(-c3csc(CC(C)C)n3)[nH]c2c1Cl.COc1ccc(C(C)=O)c(N)c1Cl. The van der Waals surface area contributed by atoms with Gasteiger partial charge in [-0.15, -0.1) is 22.7 Å². The van der Waals surface area contributed by atoms with Crippen molar-refractivity contribution in [2.45, 2.75) is 153 Å². The maximum absolute atomic E-state index is 12.8. The number of pyridine rings is 1. The van der Waals surface area contributed by atoms with E-state index in [4.69, 9.17) is 118 Å². The summed E-state index contributed by atoms with van der Waals surface area (Å²) >= 11 is 38.4. The first-order valence-corrected chi connectivity index (χ1v) is 41.7. The molecule has 1 aliphatic rings. The number of H-pyrrole nitrogens is 1. The maximum Gasteiger partial charge on any atom is 0.295 e. The van der Waals surface area contributed by atoms with Crippen molar-refractivity contribution < 1.29 is 76.5 Å². The number of ether oxygens (including phenoxy) is 9. The number of hydrogen-bond donors (Lipinski definition) is 6. The van der Waals surface area contributed by atoms with Gasteiger partial charge in [0, 0.05) is 104 Å². The van der Waals surface area contributed by atoms with Gasteiger partial charge in [-0.3, -0.25) is 33.6 Å². The lowest BCUT2D eigenvalue weighted by Crippen LogP contribution is -2.26. The Kier molecular flexibility index (Phi) is 45.5. The second kappa shape index (κ2) is 51.6. The minimum absolute atomic E-state index is 0.00434. The monoisotopic (exact) mass is 1810 g/mol. The first kappa shape index (κ1) is 102. The lowest BCUT2D eigenvalue weighted by Gasteiger charge is -2.16. The van der Waals surface area contributed by atoms with Crippen molar-refractivity contribution in [2.24, 2.45) is 16.8 Å². The number of alkyl halides is 1. The topological polar surface area (TPSA) is 367 Å². The van der Waals surface area contributed by atoms with Gasteiger partial charge in [-0.2, -0.15) is 0 Å². The van der Waals surface area contributed by atoms with Crippen molar-refractivity contribution in [1.82, 2.24) is 20.3 Å². The second-order valence-electron chi connectivity index (χ2n) is 26.8. The Hall–Kier alpha value is -7.62. The van der Waals surface area contributed by atoms with E-state index in [0.29, 0.717) is 134 Å². The van der Waals surface area contributed by atoms with Gasteiger partial charge in [-0.1, -0.05) is 113 Å². The third-order valence-electron chi connectivity index (χ3n) is 16.0. The zero-order valence-electron chi connectivity index (χ0n) is 67.9. The number of fused-ring (bicyclic) bond motifs is 1. The van der Waals surface area contributed by atoms with E-state index in [1.54, 1.807) is 112 Å². The molecular weight excluding hydrogens is 1710 g/mol. The van der Waals surface area contributed by atoms with Crippen LogP contribution in [0.1, 0.15) is 164 Å². The van der Waals surface area contributed by atoms with Gasteiger partial charge in [0.15, 0.2) is 39.5 Å². The molecule has 9 N–H and O–H groups in total. The van der Waals surface area contributed by atoms with E-state index in [9.17, 15) is 33.6 Å². The number of carbonyl (C=O) groups is 6. The minimum atomic E-state index is -0.297. The fourth-order valence-corrected chi connectivity index (χ4v) is 13.8. The highest BCUT2D eigenvalue weighted by Gasteiger charge is 2.24. The normalized spacial score (nSPS) is 13.0.